The highest BCUT2D eigenvalue weighted by Crippen LogP contribution is 2.37. The summed E-state index contributed by atoms with van der Waals surface area (Å²) in [5.74, 6) is 2.29. The van der Waals surface area contributed by atoms with Gasteiger partial charge in [0.15, 0.2) is 0 Å². The number of nitrogens with one attached hydrogen (secondary N) is 2. The number of ether oxygens (including phenoxy) is 2. The number of carbonyl (C=O) groups excluding carboxylic acids is 2. The third kappa shape index (κ3) is 7.42. The van der Waals surface area contributed by atoms with Crippen molar-refractivity contribution in [1.29, 1.82) is 0 Å². The smallest absolute Gasteiger partial charge is 0.410 e. The van der Waals surface area contributed by atoms with E-state index in [0.717, 1.165) is 58.1 Å². The maximum absolute atomic E-state index is 12.9. The highest BCUT2D eigenvalue weighted by molar-refractivity contribution is 5.72. The fourth-order valence-corrected chi connectivity index (χ4v) is 6.64. The van der Waals surface area contributed by atoms with Gasteiger partial charge in [-0.1, -0.05) is 62.4 Å². The Kier molecular flexibility index (Phi) is 8.87. The number of H-pyrrole nitrogens is 2. The van der Waals surface area contributed by atoms with Crippen LogP contribution in [0.25, 0.3) is 33.6 Å². The van der Waals surface area contributed by atoms with Gasteiger partial charge in [0.2, 0.25) is 0 Å². The van der Waals surface area contributed by atoms with Gasteiger partial charge in [-0.15, -0.1) is 0 Å². The molecule has 6 rings (SSSR count). The molecule has 10 heteroatoms. The molecule has 2 N–H and O–H groups in total. The van der Waals surface area contributed by atoms with Crippen molar-refractivity contribution in [3.8, 4) is 33.6 Å². The second-order valence-electron chi connectivity index (χ2n) is 15.5. The highest BCUT2D eigenvalue weighted by Gasteiger charge is 2.39. The van der Waals surface area contributed by atoms with Gasteiger partial charge in [-0.25, -0.2) is 19.6 Å². The van der Waals surface area contributed by atoms with Crippen molar-refractivity contribution >= 4 is 12.2 Å². The van der Waals surface area contributed by atoms with Crippen molar-refractivity contribution in [3.63, 3.8) is 0 Å². The highest BCUT2D eigenvalue weighted by atomic mass is 16.6. The second kappa shape index (κ2) is 12.8. The zero-order valence-electron chi connectivity index (χ0n) is 29.3. The molecule has 2 aromatic carbocycles. The summed E-state index contributed by atoms with van der Waals surface area (Å²) >= 11 is 0. The van der Waals surface area contributed by atoms with Gasteiger partial charge >= 0.3 is 12.2 Å². The molecule has 2 aliphatic rings. The van der Waals surface area contributed by atoms with Gasteiger partial charge in [0.05, 0.1) is 35.9 Å². The molecule has 0 unspecified atom stereocenters. The minimum atomic E-state index is -0.548. The van der Waals surface area contributed by atoms with Gasteiger partial charge in [0, 0.05) is 13.1 Å². The second-order valence-corrected chi connectivity index (χ2v) is 15.5. The van der Waals surface area contributed by atoms with E-state index in [1.54, 1.807) is 9.80 Å². The number of hydrogen-bond acceptors (Lipinski definition) is 6. The standard InChI is InChI=1S/C38H48N6O4/c1-23-17-31(43(21-23)35(45)47-37(3,4)5)33-39-19-29(41-33)27-13-9-25(10-14-27)26-11-15-28(16-12-26)30-20-40-34(42-30)32-18-24(2)22-44(32)36(46)48-38(6,7)8/h9-16,19-20,23-24,31-32H,17-18,21-22H2,1-8H3,(H,39,41)(H,40,42)/t23-,24-,31-,32-/m0/s1. The van der Waals surface area contributed by atoms with Crippen LogP contribution in [-0.4, -0.2) is 66.2 Å². The van der Waals surface area contributed by atoms with Crippen LogP contribution in [-0.2, 0) is 9.47 Å². The number of nitrogens with zero attached hydrogens (tertiary/aromatic N) is 4. The minimum Gasteiger partial charge on any atom is -0.444 e. The fraction of sp³-hybridized carbons (Fsp3) is 0.474. The lowest BCUT2D eigenvalue weighted by molar-refractivity contribution is 0.0204. The number of hydrogen-bond donors (Lipinski definition) is 2. The molecule has 0 spiro atoms. The quantitative estimate of drug-likeness (QED) is 0.223. The molecule has 0 radical (unpaired) electrons. The van der Waals surface area contributed by atoms with E-state index in [2.05, 4.69) is 82.3 Å². The molecule has 2 fully saturated rings. The number of likely N-dealkylation sites (tertiary alicyclic amines) is 2. The van der Waals surface area contributed by atoms with E-state index in [9.17, 15) is 9.59 Å². The zero-order valence-corrected chi connectivity index (χ0v) is 29.3. The number of benzene rings is 2. The lowest BCUT2D eigenvalue weighted by Crippen LogP contribution is -2.37. The van der Waals surface area contributed by atoms with Crippen LogP contribution in [0.4, 0.5) is 9.59 Å². The molecule has 0 bridgehead atoms. The van der Waals surface area contributed by atoms with E-state index in [-0.39, 0.29) is 24.3 Å². The van der Waals surface area contributed by atoms with Gasteiger partial charge in [-0.2, -0.15) is 0 Å². The molecule has 2 aliphatic heterocycles. The lowest BCUT2D eigenvalue weighted by Gasteiger charge is -2.27. The lowest BCUT2D eigenvalue weighted by atomic mass is 10.0. The third-order valence-electron chi connectivity index (χ3n) is 8.82. The Morgan fingerprint density at radius 1 is 0.625 bits per heavy atom. The van der Waals surface area contributed by atoms with Gasteiger partial charge < -0.3 is 19.4 Å². The summed E-state index contributed by atoms with van der Waals surface area (Å²) < 4.78 is 11.3. The van der Waals surface area contributed by atoms with Crippen molar-refractivity contribution in [3.05, 3.63) is 72.6 Å². The zero-order chi connectivity index (χ0) is 34.4. The number of imidazole rings is 2. The molecule has 2 amide bonds. The van der Waals surface area contributed by atoms with E-state index in [4.69, 9.17) is 9.47 Å². The van der Waals surface area contributed by atoms with Crippen LogP contribution in [0.1, 0.15) is 92.0 Å². The molecule has 48 heavy (non-hydrogen) atoms. The fourth-order valence-electron chi connectivity index (χ4n) is 6.64. The van der Waals surface area contributed by atoms with E-state index >= 15 is 0 Å². The summed E-state index contributed by atoms with van der Waals surface area (Å²) in [4.78, 5) is 45.7. The van der Waals surface area contributed by atoms with Gasteiger partial charge in [-0.05, 0) is 88.5 Å². The van der Waals surface area contributed by atoms with Crippen molar-refractivity contribution in [1.82, 2.24) is 29.7 Å². The van der Waals surface area contributed by atoms with Crippen molar-refractivity contribution < 1.29 is 19.1 Å². The Morgan fingerprint density at radius 2 is 0.958 bits per heavy atom. The average molecular weight is 653 g/mol. The van der Waals surface area contributed by atoms with Crippen LogP contribution in [0.15, 0.2) is 60.9 Å². The van der Waals surface area contributed by atoms with Gasteiger partial charge in [0.1, 0.15) is 22.9 Å². The molecule has 10 nitrogen and oxygen atoms in total. The van der Waals surface area contributed by atoms with Crippen LogP contribution in [0.3, 0.4) is 0 Å². The van der Waals surface area contributed by atoms with Crippen molar-refractivity contribution in [2.75, 3.05) is 13.1 Å². The molecule has 4 heterocycles. The van der Waals surface area contributed by atoms with Crippen LogP contribution in [0.5, 0.6) is 0 Å². The summed E-state index contributed by atoms with van der Waals surface area (Å²) in [5.41, 5.74) is 4.97. The maximum atomic E-state index is 12.9. The molecular weight excluding hydrogens is 604 g/mol. The molecule has 4 aromatic rings. The Bertz CT molecular complexity index is 1620. The third-order valence-corrected chi connectivity index (χ3v) is 8.82. The van der Waals surface area contributed by atoms with E-state index in [0.29, 0.717) is 24.9 Å². The van der Waals surface area contributed by atoms with E-state index in [1.165, 1.54) is 0 Å². The van der Waals surface area contributed by atoms with Gasteiger partial charge in [-0.3, -0.25) is 9.80 Å². The topological polar surface area (TPSA) is 116 Å². The number of rotatable bonds is 5. The summed E-state index contributed by atoms with van der Waals surface area (Å²) in [5, 5.41) is 0. The summed E-state index contributed by atoms with van der Waals surface area (Å²) in [7, 11) is 0. The first-order chi connectivity index (χ1) is 22.6. The molecule has 2 aromatic heterocycles. The SMILES string of the molecule is C[C@H]1C[C@@H](c2ncc(-c3ccc(-c4ccc(-c5cnc([C@@H]6C[C@H](C)CN6C(=O)OC(C)(C)C)[nH]5)cc4)cc3)[nH]2)N(C(=O)OC(C)(C)C)C1. The predicted octanol–water partition coefficient (Wildman–Crippen LogP) is 8.77. The number of aromatic amines is 2. The monoisotopic (exact) mass is 652 g/mol. The summed E-state index contributed by atoms with van der Waals surface area (Å²) in [6, 6.07) is 16.5. The first-order valence-electron chi connectivity index (χ1n) is 16.9. The van der Waals surface area contributed by atoms with E-state index in [1.807, 2.05) is 53.9 Å². The van der Waals surface area contributed by atoms with Crippen LogP contribution >= 0.6 is 0 Å². The Balaban J connectivity index is 1.12. The number of aromatic nitrogens is 4. The average Bonchev–Trinajstić information content (AvgIpc) is 3.81. The normalized spacial score (nSPS) is 21.5. The van der Waals surface area contributed by atoms with Crippen molar-refractivity contribution in [2.45, 2.75) is 91.5 Å². The van der Waals surface area contributed by atoms with Gasteiger partial charge in [0.25, 0.3) is 0 Å². The molecular formula is C38H48N6O4. The molecule has 254 valence electrons. The van der Waals surface area contributed by atoms with Crippen LogP contribution < -0.4 is 0 Å². The first-order valence-corrected chi connectivity index (χ1v) is 16.9. The summed E-state index contributed by atoms with van der Waals surface area (Å²) in [6.45, 7) is 16.9. The molecule has 0 aliphatic carbocycles. The molecule has 2 saturated heterocycles. The number of amides is 2. The Hall–Kier alpha value is -4.60. The minimum absolute atomic E-state index is 0.141. The Labute approximate surface area is 283 Å². The number of carbonyl (C=O) groups is 2. The largest absolute Gasteiger partial charge is 0.444 e. The molecule has 4 atom stereocenters. The summed E-state index contributed by atoms with van der Waals surface area (Å²) in [6.07, 6.45) is 4.76. The molecule has 0 saturated carbocycles. The van der Waals surface area contributed by atoms with Crippen LogP contribution in [0, 0.1) is 11.8 Å². The van der Waals surface area contributed by atoms with Crippen molar-refractivity contribution in [2.24, 2.45) is 11.8 Å². The maximum Gasteiger partial charge on any atom is 0.410 e. The van der Waals surface area contributed by atoms with E-state index < -0.39 is 11.2 Å². The Morgan fingerprint density at radius 3 is 1.29 bits per heavy atom. The van der Waals surface area contributed by atoms with Crippen LogP contribution in [0.2, 0.25) is 0 Å². The first kappa shape index (κ1) is 33.3. The predicted molar refractivity (Wildman–Crippen MR) is 186 cm³/mol.